The van der Waals surface area contributed by atoms with Crippen LogP contribution in [0, 0.1) is 12.7 Å². The van der Waals surface area contributed by atoms with Crippen LogP contribution >= 0.6 is 0 Å². The molecule has 0 aliphatic carbocycles. The van der Waals surface area contributed by atoms with Crippen LogP contribution < -0.4 is 9.86 Å². The van der Waals surface area contributed by atoms with Crippen molar-refractivity contribution in [3.8, 4) is 11.3 Å². The molecule has 30 heavy (non-hydrogen) atoms. The maximum atomic E-state index is 13.6. The Morgan fingerprint density at radius 2 is 1.73 bits per heavy atom. The number of aryl methyl sites for hydroxylation is 1. The number of nitrogens with zero attached hydrogens (tertiary/aromatic N) is 4. The van der Waals surface area contributed by atoms with Gasteiger partial charge < -0.3 is 0 Å². The Morgan fingerprint density at radius 3 is 2.27 bits per heavy atom. The minimum atomic E-state index is -3.62. The zero-order chi connectivity index (χ0) is 22.8. The number of anilines is 1. The van der Waals surface area contributed by atoms with Crippen molar-refractivity contribution in [3.63, 3.8) is 0 Å². The lowest BCUT2D eigenvalue weighted by molar-refractivity contribution is 0.593. The van der Waals surface area contributed by atoms with E-state index in [1.807, 2.05) is 27.7 Å². The number of hydrogen-bond acceptors (Lipinski definition) is 5. The first kappa shape index (κ1) is 23.5. The lowest BCUT2D eigenvalue weighted by Crippen LogP contribution is -2.28. The Hall–Kier alpha value is -2.81. The molecule has 0 bridgehead atoms. The van der Waals surface area contributed by atoms with E-state index in [0.29, 0.717) is 27.9 Å². The largest absolute Gasteiger partial charge is 0.290 e. The van der Waals surface area contributed by atoms with Gasteiger partial charge in [-0.15, -0.1) is 0 Å². The summed E-state index contributed by atoms with van der Waals surface area (Å²) < 4.78 is 40.1. The number of rotatable bonds is 4. The minimum Gasteiger partial charge on any atom is -0.290 e. The Balaban J connectivity index is 0.00000155. The van der Waals surface area contributed by atoms with Crippen LogP contribution in [-0.2, 0) is 10.0 Å². The molecule has 0 aliphatic rings. The average molecular weight is 435 g/mol. The van der Waals surface area contributed by atoms with Crippen molar-refractivity contribution in [2.24, 2.45) is 0 Å². The molecular weight excluding hydrogens is 407 g/mol. The van der Waals surface area contributed by atoms with Crippen LogP contribution in [0.15, 0.2) is 35.1 Å². The lowest BCUT2D eigenvalue weighted by atomic mass is 10.0. The van der Waals surface area contributed by atoms with Crippen molar-refractivity contribution in [2.75, 3.05) is 17.6 Å². The van der Waals surface area contributed by atoms with Crippen LogP contribution in [0.3, 0.4) is 0 Å². The van der Waals surface area contributed by atoms with Crippen molar-refractivity contribution in [2.45, 2.75) is 40.7 Å². The molecule has 162 valence electrons. The van der Waals surface area contributed by atoms with Crippen molar-refractivity contribution in [1.29, 1.82) is 0 Å². The van der Waals surface area contributed by atoms with Crippen LogP contribution in [0.5, 0.6) is 0 Å². The topological polar surface area (TPSA) is 85.2 Å². The number of aromatic nitrogens is 3. The summed E-state index contributed by atoms with van der Waals surface area (Å²) in [6.07, 6.45) is 1.05. The van der Waals surface area contributed by atoms with Gasteiger partial charge in [-0.1, -0.05) is 13.8 Å². The molecule has 0 saturated heterocycles. The maximum Gasteiger partial charge on any atom is 0.252 e. The van der Waals surface area contributed by atoms with Crippen LogP contribution in [0.1, 0.15) is 39.3 Å². The van der Waals surface area contributed by atoms with Crippen LogP contribution in [-0.4, -0.2) is 36.3 Å². The number of halogens is 1. The predicted octanol–water partition coefficient (Wildman–Crippen LogP) is 3.91. The van der Waals surface area contributed by atoms with Gasteiger partial charge in [-0.2, -0.15) is 4.98 Å². The molecule has 3 aromatic rings. The van der Waals surface area contributed by atoms with Gasteiger partial charge in [-0.05, 0) is 50.6 Å². The summed E-state index contributed by atoms with van der Waals surface area (Å²) in [5.41, 5.74) is 1.77. The van der Waals surface area contributed by atoms with E-state index in [2.05, 4.69) is 9.97 Å². The molecule has 0 unspecified atom stereocenters. The standard InChI is InChI=1S/C19H21FN4O3S.C2H6/c1-11(2)24-16(25)9-8-15-17(14-7-6-13(20)10-12(14)3)21-19(22-18(15)24)23(4)28(5,26)27;1-2/h6-11H,1-5H3;1-2H3. The summed E-state index contributed by atoms with van der Waals surface area (Å²) in [6.45, 7) is 9.42. The zero-order valence-corrected chi connectivity index (χ0v) is 19.1. The fraction of sp³-hybridized carbons (Fsp3) is 0.381. The van der Waals surface area contributed by atoms with Gasteiger partial charge in [0.1, 0.15) is 11.5 Å². The molecule has 0 spiro atoms. The Kier molecular flexibility index (Phi) is 6.97. The van der Waals surface area contributed by atoms with E-state index >= 15 is 0 Å². The highest BCUT2D eigenvalue weighted by molar-refractivity contribution is 7.92. The summed E-state index contributed by atoms with van der Waals surface area (Å²) in [5.74, 6) is -0.444. The highest BCUT2D eigenvalue weighted by atomic mass is 32.2. The summed E-state index contributed by atoms with van der Waals surface area (Å²) in [4.78, 5) is 21.3. The predicted molar refractivity (Wildman–Crippen MR) is 119 cm³/mol. The summed E-state index contributed by atoms with van der Waals surface area (Å²) in [6, 6.07) is 7.11. The Bertz CT molecular complexity index is 1240. The van der Waals surface area contributed by atoms with Crippen LogP contribution in [0.2, 0.25) is 0 Å². The first-order valence-corrected chi connectivity index (χ1v) is 11.5. The second-order valence-electron chi connectivity index (χ2n) is 6.93. The highest BCUT2D eigenvalue weighted by Gasteiger charge is 2.21. The maximum absolute atomic E-state index is 13.6. The number of sulfonamides is 1. The van der Waals surface area contributed by atoms with Gasteiger partial charge in [0.2, 0.25) is 16.0 Å². The summed E-state index contributed by atoms with van der Waals surface area (Å²) in [7, 11) is -2.28. The molecule has 0 radical (unpaired) electrons. The average Bonchev–Trinajstić information content (AvgIpc) is 2.67. The quantitative estimate of drug-likeness (QED) is 0.622. The van der Waals surface area contributed by atoms with E-state index in [1.54, 1.807) is 19.1 Å². The molecule has 9 heteroatoms. The molecule has 1 aromatic carbocycles. The van der Waals surface area contributed by atoms with E-state index in [1.165, 1.54) is 29.8 Å². The Morgan fingerprint density at radius 1 is 1.10 bits per heavy atom. The lowest BCUT2D eigenvalue weighted by Gasteiger charge is -2.20. The summed E-state index contributed by atoms with van der Waals surface area (Å²) in [5, 5.41) is 0.577. The second-order valence-corrected chi connectivity index (χ2v) is 8.95. The van der Waals surface area contributed by atoms with Gasteiger partial charge in [-0.3, -0.25) is 9.36 Å². The third kappa shape index (κ3) is 4.51. The molecule has 0 aliphatic heterocycles. The molecule has 0 atom stereocenters. The highest BCUT2D eigenvalue weighted by Crippen LogP contribution is 2.31. The number of benzene rings is 1. The molecule has 0 amide bonds. The molecule has 3 rings (SSSR count). The molecule has 7 nitrogen and oxygen atoms in total. The van der Waals surface area contributed by atoms with E-state index in [0.717, 1.165) is 10.6 Å². The molecule has 2 heterocycles. The molecule has 0 saturated carbocycles. The van der Waals surface area contributed by atoms with Gasteiger partial charge in [0.15, 0.2) is 0 Å². The zero-order valence-electron chi connectivity index (χ0n) is 18.3. The fourth-order valence-corrected chi connectivity index (χ4v) is 3.39. The SMILES string of the molecule is CC.Cc1cc(F)ccc1-c1nc(N(C)S(C)(=O)=O)nc2c1ccc(=O)n2C(C)C. The van der Waals surface area contributed by atoms with Crippen molar-refractivity contribution in [1.82, 2.24) is 14.5 Å². The molecule has 2 aromatic heterocycles. The van der Waals surface area contributed by atoms with Crippen molar-refractivity contribution >= 4 is 27.0 Å². The van der Waals surface area contributed by atoms with Gasteiger partial charge in [-0.25, -0.2) is 22.1 Å². The second kappa shape index (κ2) is 8.91. The molecular formula is C21H27FN4O3S. The Labute approximate surface area is 176 Å². The third-order valence-corrected chi connectivity index (χ3v) is 5.67. The van der Waals surface area contributed by atoms with E-state index in [9.17, 15) is 17.6 Å². The fourth-order valence-electron chi connectivity index (χ4n) is 3.01. The number of fused-ring (bicyclic) bond motifs is 1. The monoisotopic (exact) mass is 434 g/mol. The van der Waals surface area contributed by atoms with Crippen molar-refractivity contribution in [3.05, 3.63) is 52.1 Å². The first-order valence-electron chi connectivity index (χ1n) is 9.64. The van der Waals surface area contributed by atoms with Gasteiger partial charge >= 0.3 is 0 Å². The van der Waals surface area contributed by atoms with E-state index < -0.39 is 10.0 Å². The number of hydrogen-bond donors (Lipinski definition) is 0. The van der Waals surface area contributed by atoms with Gasteiger partial charge in [0, 0.05) is 30.1 Å². The number of pyridine rings is 1. The third-order valence-electron chi connectivity index (χ3n) is 4.51. The molecule has 0 fully saturated rings. The summed E-state index contributed by atoms with van der Waals surface area (Å²) >= 11 is 0. The van der Waals surface area contributed by atoms with Crippen molar-refractivity contribution < 1.29 is 12.8 Å². The van der Waals surface area contributed by atoms with Gasteiger partial charge in [0.05, 0.1) is 11.9 Å². The van der Waals surface area contributed by atoms with Gasteiger partial charge in [0.25, 0.3) is 5.56 Å². The van der Waals surface area contributed by atoms with E-state index in [-0.39, 0.29) is 23.4 Å². The smallest absolute Gasteiger partial charge is 0.252 e. The van der Waals surface area contributed by atoms with E-state index in [4.69, 9.17) is 0 Å². The minimum absolute atomic E-state index is 0.0614. The first-order chi connectivity index (χ1) is 14.0. The van der Waals surface area contributed by atoms with Crippen LogP contribution in [0.4, 0.5) is 10.3 Å². The van der Waals surface area contributed by atoms with Crippen LogP contribution in [0.25, 0.3) is 22.3 Å². The molecule has 0 N–H and O–H groups in total. The normalized spacial score (nSPS) is 11.4.